The molecule has 1 aromatic rings. The Balaban J connectivity index is 1.55. The van der Waals surface area contributed by atoms with Crippen LogP contribution in [0.1, 0.15) is 70.4 Å². The van der Waals surface area contributed by atoms with Crippen LogP contribution in [0.15, 0.2) is 18.5 Å². The van der Waals surface area contributed by atoms with Gasteiger partial charge in [0, 0.05) is 25.0 Å². The normalized spacial score (nSPS) is 26.3. The second-order valence-electron chi connectivity index (χ2n) is 6.94. The summed E-state index contributed by atoms with van der Waals surface area (Å²) >= 11 is 0. The minimum Gasteiger partial charge on any atom is -0.370 e. The largest absolute Gasteiger partial charge is 0.370 e. The summed E-state index contributed by atoms with van der Waals surface area (Å²) in [7, 11) is 0. The molecule has 21 heavy (non-hydrogen) atoms. The van der Waals surface area contributed by atoms with Crippen molar-refractivity contribution in [1.82, 2.24) is 9.88 Å². The molecule has 3 rings (SSSR count). The molecule has 118 valence electrons. The smallest absolute Gasteiger partial charge is 0.0762 e. The van der Waals surface area contributed by atoms with Crippen LogP contribution in [0.3, 0.4) is 0 Å². The van der Waals surface area contributed by atoms with Crippen LogP contribution in [0.2, 0.25) is 0 Å². The second kappa shape index (κ2) is 6.53. The van der Waals surface area contributed by atoms with Crippen molar-refractivity contribution in [2.45, 2.75) is 83.1 Å². The molecule has 1 spiro atoms. The van der Waals surface area contributed by atoms with Gasteiger partial charge in [0.2, 0.25) is 0 Å². The molecular formula is C18H30N2O. The lowest BCUT2D eigenvalue weighted by molar-refractivity contribution is -0.0679. The molecule has 1 saturated carbocycles. The monoisotopic (exact) mass is 290 g/mol. The topological polar surface area (TPSA) is 26.2 Å². The van der Waals surface area contributed by atoms with E-state index in [1.54, 1.807) is 0 Å². The molecule has 3 heteroatoms. The highest BCUT2D eigenvalue weighted by Gasteiger charge is 2.40. The van der Waals surface area contributed by atoms with Crippen molar-refractivity contribution in [3.05, 3.63) is 24.0 Å². The molecule has 1 saturated heterocycles. The van der Waals surface area contributed by atoms with Gasteiger partial charge in [0.15, 0.2) is 0 Å². The summed E-state index contributed by atoms with van der Waals surface area (Å²) in [4.78, 5) is 0. The Bertz CT molecular complexity index is 448. The zero-order valence-electron chi connectivity index (χ0n) is 13.6. The first kappa shape index (κ1) is 15.1. The number of nitrogens with zero attached hydrogens (tertiary/aromatic N) is 1. The van der Waals surface area contributed by atoms with Crippen molar-refractivity contribution in [2.24, 2.45) is 0 Å². The lowest BCUT2D eigenvalue weighted by Gasteiger charge is -2.33. The van der Waals surface area contributed by atoms with E-state index in [0.29, 0.717) is 12.1 Å². The van der Waals surface area contributed by atoms with Crippen LogP contribution in [0, 0.1) is 0 Å². The Kier molecular flexibility index (Phi) is 4.70. The molecule has 1 aromatic heterocycles. The first-order chi connectivity index (χ1) is 10.2. The third kappa shape index (κ3) is 3.51. The first-order valence-electron chi connectivity index (χ1n) is 8.78. The molecule has 0 radical (unpaired) electrons. The number of hydrogen-bond donors (Lipinski definition) is 1. The van der Waals surface area contributed by atoms with Gasteiger partial charge in [-0.2, -0.15) is 0 Å². The van der Waals surface area contributed by atoms with Crippen LogP contribution in [-0.2, 0) is 11.3 Å². The maximum Gasteiger partial charge on any atom is 0.0762 e. The van der Waals surface area contributed by atoms with Crippen LogP contribution in [0.4, 0.5) is 0 Å². The molecule has 2 unspecified atom stereocenters. The predicted molar refractivity (Wildman–Crippen MR) is 86.4 cm³/mol. The fraction of sp³-hybridized carbons (Fsp3) is 0.778. The lowest BCUT2D eigenvalue weighted by Crippen LogP contribution is -2.32. The van der Waals surface area contributed by atoms with E-state index >= 15 is 0 Å². The molecule has 2 atom stereocenters. The van der Waals surface area contributed by atoms with Gasteiger partial charge in [-0.25, -0.2) is 0 Å². The highest BCUT2D eigenvalue weighted by Crippen LogP contribution is 2.42. The molecule has 1 aliphatic heterocycles. The molecule has 3 nitrogen and oxygen atoms in total. The van der Waals surface area contributed by atoms with Gasteiger partial charge in [0.1, 0.15) is 0 Å². The number of nitrogens with one attached hydrogen (secondary N) is 1. The molecule has 2 fully saturated rings. The molecule has 2 heterocycles. The van der Waals surface area contributed by atoms with E-state index < -0.39 is 0 Å². The van der Waals surface area contributed by atoms with Gasteiger partial charge >= 0.3 is 0 Å². The van der Waals surface area contributed by atoms with E-state index in [4.69, 9.17) is 4.74 Å². The summed E-state index contributed by atoms with van der Waals surface area (Å²) in [6, 6.07) is 2.67. The third-order valence-electron chi connectivity index (χ3n) is 5.30. The fourth-order valence-electron chi connectivity index (χ4n) is 4.08. The van der Waals surface area contributed by atoms with Crippen molar-refractivity contribution in [1.29, 1.82) is 0 Å². The summed E-state index contributed by atoms with van der Waals surface area (Å²) in [5.74, 6) is 0. The van der Waals surface area contributed by atoms with E-state index in [9.17, 15) is 0 Å². The van der Waals surface area contributed by atoms with Crippen molar-refractivity contribution in [3.63, 3.8) is 0 Å². The number of hydrogen-bond acceptors (Lipinski definition) is 2. The highest BCUT2D eigenvalue weighted by atomic mass is 16.5. The molecule has 2 aliphatic rings. The third-order valence-corrected chi connectivity index (χ3v) is 5.30. The number of aromatic nitrogens is 1. The summed E-state index contributed by atoms with van der Waals surface area (Å²) in [5, 5.41) is 3.47. The Morgan fingerprint density at radius 3 is 2.90 bits per heavy atom. The standard InChI is InChI=1S/C18H30N2O/c1-3-19-15(2)16-8-12-20(13-16)14-17-7-11-18(21-17)9-5-4-6-10-18/h8,12-13,15,17,19H,3-7,9-11,14H2,1-2H3. The number of ether oxygens (including phenoxy) is 1. The van der Waals surface area contributed by atoms with Gasteiger partial charge in [-0.3, -0.25) is 0 Å². The van der Waals surface area contributed by atoms with E-state index in [1.165, 1.54) is 50.5 Å². The van der Waals surface area contributed by atoms with Crippen LogP contribution in [0.25, 0.3) is 0 Å². The number of rotatable bonds is 5. The van der Waals surface area contributed by atoms with E-state index in [0.717, 1.165) is 13.1 Å². The van der Waals surface area contributed by atoms with Gasteiger partial charge in [-0.1, -0.05) is 26.2 Å². The Labute approximate surface area is 129 Å². The maximum atomic E-state index is 6.47. The van der Waals surface area contributed by atoms with Crippen LogP contribution >= 0.6 is 0 Å². The van der Waals surface area contributed by atoms with Crippen molar-refractivity contribution >= 4 is 0 Å². The minimum atomic E-state index is 0.246. The summed E-state index contributed by atoms with van der Waals surface area (Å²) < 4.78 is 8.79. The summed E-state index contributed by atoms with van der Waals surface area (Å²) in [5.41, 5.74) is 1.62. The molecule has 1 aliphatic carbocycles. The minimum absolute atomic E-state index is 0.246. The Morgan fingerprint density at radius 2 is 2.14 bits per heavy atom. The average molecular weight is 290 g/mol. The quantitative estimate of drug-likeness (QED) is 0.885. The molecule has 0 amide bonds. The highest BCUT2D eigenvalue weighted by molar-refractivity contribution is 5.14. The average Bonchev–Trinajstić information content (AvgIpc) is 3.09. The maximum absolute atomic E-state index is 6.47. The molecule has 1 N–H and O–H groups in total. The molecule has 0 bridgehead atoms. The van der Waals surface area contributed by atoms with Gasteiger partial charge in [-0.15, -0.1) is 0 Å². The molecule has 0 aromatic carbocycles. The van der Waals surface area contributed by atoms with Crippen molar-refractivity contribution in [2.75, 3.05) is 6.54 Å². The second-order valence-corrected chi connectivity index (χ2v) is 6.94. The van der Waals surface area contributed by atoms with E-state index in [2.05, 4.69) is 42.2 Å². The summed E-state index contributed by atoms with van der Waals surface area (Å²) in [6.07, 6.45) is 14.1. The fourth-order valence-corrected chi connectivity index (χ4v) is 4.08. The van der Waals surface area contributed by atoms with Gasteiger partial charge in [0.25, 0.3) is 0 Å². The summed E-state index contributed by atoms with van der Waals surface area (Å²) in [6.45, 7) is 6.41. The van der Waals surface area contributed by atoms with E-state index in [1.807, 2.05) is 0 Å². The zero-order valence-corrected chi connectivity index (χ0v) is 13.6. The van der Waals surface area contributed by atoms with Crippen molar-refractivity contribution < 1.29 is 4.74 Å². The molecular weight excluding hydrogens is 260 g/mol. The van der Waals surface area contributed by atoms with Crippen LogP contribution in [0.5, 0.6) is 0 Å². The lowest BCUT2D eigenvalue weighted by atomic mass is 9.83. The van der Waals surface area contributed by atoms with E-state index in [-0.39, 0.29) is 5.60 Å². The van der Waals surface area contributed by atoms with Crippen molar-refractivity contribution in [3.8, 4) is 0 Å². The Morgan fingerprint density at radius 1 is 1.33 bits per heavy atom. The Hall–Kier alpha value is -0.800. The van der Waals surface area contributed by atoms with Crippen LogP contribution < -0.4 is 5.32 Å². The first-order valence-corrected chi connectivity index (χ1v) is 8.78. The van der Waals surface area contributed by atoms with Gasteiger partial charge in [-0.05, 0) is 50.8 Å². The van der Waals surface area contributed by atoms with Crippen LogP contribution in [-0.4, -0.2) is 22.8 Å². The predicted octanol–water partition coefficient (Wildman–Crippen LogP) is 4.04. The van der Waals surface area contributed by atoms with Gasteiger partial charge in [0.05, 0.1) is 11.7 Å². The SMILES string of the molecule is CCNC(C)c1ccn(CC2CCC3(CCCCC3)O2)c1. The van der Waals surface area contributed by atoms with Gasteiger partial charge < -0.3 is 14.6 Å². The zero-order chi connectivity index (χ0) is 14.7.